The molecular formula is C13H27NO. The van der Waals surface area contributed by atoms with Gasteiger partial charge in [0.15, 0.2) is 0 Å². The van der Waals surface area contributed by atoms with Crippen LogP contribution in [0.1, 0.15) is 52.4 Å². The van der Waals surface area contributed by atoms with Crippen LogP contribution in [0.5, 0.6) is 0 Å². The van der Waals surface area contributed by atoms with Gasteiger partial charge in [0.2, 0.25) is 0 Å². The molecule has 0 aromatic heterocycles. The van der Waals surface area contributed by atoms with Crippen LogP contribution in [0.2, 0.25) is 0 Å². The molecule has 0 radical (unpaired) electrons. The molecule has 0 saturated heterocycles. The number of aliphatic hydroxyl groups excluding tert-OH is 1. The van der Waals surface area contributed by atoms with Gasteiger partial charge in [-0.25, -0.2) is 0 Å². The first-order chi connectivity index (χ1) is 7.27. The van der Waals surface area contributed by atoms with E-state index in [-0.39, 0.29) is 0 Å². The van der Waals surface area contributed by atoms with Crippen molar-refractivity contribution in [2.45, 2.75) is 58.4 Å². The van der Waals surface area contributed by atoms with E-state index in [2.05, 4.69) is 19.2 Å². The summed E-state index contributed by atoms with van der Waals surface area (Å²) in [5.41, 5.74) is 0. The van der Waals surface area contributed by atoms with E-state index in [1.54, 1.807) is 0 Å². The smallest absolute Gasteiger partial charge is 0.0434 e. The number of aliphatic hydroxyl groups is 1. The topological polar surface area (TPSA) is 32.3 Å². The summed E-state index contributed by atoms with van der Waals surface area (Å²) in [5.74, 6) is 1.55. The van der Waals surface area contributed by atoms with E-state index in [0.29, 0.717) is 18.6 Å². The summed E-state index contributed by atoms with van der Waals surface area (Å²) in [6, 6.07) is 0.667. The summed E-state index contributed by atoms with van der Waals surface area (Å²) in [4.78, 5) is 0. The van der Waals surface area contributed by atoms with Crippen LogP contribution < -0.4 is 5.32 Å². The molecule has 0 amide bonds. The minimum absolute atomic E-state index is 0.331. The molecule has 15 heavy (non-hydrogen) atoms. The zero-order valence-electron chi connectivity index (χ0n) is 10.3. The van der Waals surface area contributed by atoms with Crippen molar-refractivity contribution in [1.29, 1.82) is 0 Å². The third kappa shape index (κ3) is 4.52. The van der Waals surface area contributed by atoms with Gasteiger partial charge in [0.05, 0.1) is 0 Å². The quantitative estimate of drug-likeness (QED) is 0.681. The highest BCUT2D eigenvalue weighted by atomic mass is 16.3. The van der Waals surface area contributed by atoms with Crippen molar-refractivity contribution in [2.24, 2.45) is 11.8 Å². The Balaban J connectivity index is 2.16. The first kappa shape index (κ1) is 13.0. The molecule has 2 nitrogen and oxygen atoms in total. The van der Waals surface area contributed by atoms with Crippen LogP contribution in [0.4, 0.5) is 0 Å². The largest absolute Gasteiger partial charge is 0.396 e. The fraction of sp³-hybridized carbons (Fsp3) is 1.00. The van der Waals surface area contributed by atoms with Gasteiger partial charge in [-0.15, -0.1) is 0 Å². The predicted octanol–water partition coefficient (Wildman–Crippen LogP) is 2.56. The normalized spacial score (nSPS) is 21.8. The SMILES string of the molecule is CCC(CCO)CNC(C)C1CCCC1. The number of rotatable bonds is 7. The Kier molecular flexibility index (Phi) is 6.26. The number of hydrogen-bond donors (Lipinski definition) is 2. The molecule has 2 N–H and O–H groups in total. The maximum absolute atomic E-state index is 8.92. The van der Waals surface area contributed by atoms with E-state index < -0.39 is 0 Å². The van der Waals surface area contributed by atoms with Gasteiger partial charge in [-0.3, -0.25) is 0 Å². The van der Waals surface area contributed by atoms with E-state index in [4.69, 9.17) is 5.11 Å². The van der Waals surface area contributed by atoms with Crippen molar-refractivity contribution in [3.63, 3.8) is 0 Å². The van der Waals surface area contributed by atoms with Gasteiger partial charge in [-0.2, -0.15) is 0 Å². The van der Waals surface area contributed by atoms with Crippen LogP contribution in [0.25, 0.3) is 0 Å². The van der Waals surface area contributed by atoms with E-state index in [1.165, 1.54) is 32.1 Å². The summed E-state index contributed by atoms with van der Waals surface area (Å²) in [6.07, 6.45) is 7.77. The molecule has 0 heterocycles. The van der Waals surface area contributed by atoms with Crippen LogP contribution >= 0.6 is 0 Å². The molecule has 1 aliphatic rings. The second-order valence-corrected chi connectivity index (χ2v) is 5.03. The lowest BCUT2D eigenvalue weighted by Crippen LogP contribution is -2.36. The number of nitrogens with one attached hydrogen (secondary N) is 1. The fourth-order valence-electron chi connectivity index (χ4n) is 2.61. The Bertz CT molecular complexity index is 155. The summed E-state index contributed by atoms with van der Waals surface area (Å²) in [6.45, 7) is 5.94. The van der Waals surface area contributed by atoms with Gasteiger partial charge in [0, 0.05) is 12.6 Å². The summed E-state index contributed by atoms with van der Waals surface area (Å²) in [5, 5.41) is 12.6. The first-order valence-corrected chi connectivity index (χ1v) is 6.62. The molecule has 1 saturated carbocycles. The molecule has 0 bridgehead atoms. The lowest BCUT2D eigenvalue weighted by molar-refractivity contribution is 0.244. The van der Waals surface area contributed by atoms with Crippen molar-refractivity contribution in [3.8, 4) is 0 Å². The molecule has 2 unspecified atom stereocenters. The Morgan fingerprint density at radius 1 is 1.33 bits per heavy atom. The standard InChI is InChI=1S/C13H27NO/c1-3-12(8-9-15)10-14-11(2)13-6-4-5-7-13/h11-15H,3-10H2,1-2H3. The fourth-order valence-corrected chi connectivity index (χ4v) is 2.61. The summed E-state index contributed by atoms with van der Waals surface area (Å²) < 4.78 is 0. The van der Waals surface area contributed by atoms with E-state index in [0.717, 1.165) is 18.9 Å². The van der Waals surface area contributed by atoms with Gasteiger partial charge in [0.1, 0.15) is 0 Å². The third-order valence-electron chi connectivity index (χ3n) is 3.95. The first-order valence-electron chi connectivity index (χ1n) is 6.62. The second-order valence-electron chi connectivity index (χ2n) is 5.03. The zero-order chi connectivity index (χ0) is 11.1. The zero-order valence-corrected chi connectivity index (χ0v) is 10.3. The summed E-state index contributed by atoms with van der Waals surface area (Å²) in [7, 11) is 0. The molecule has 2 heteroatoms. The van der Waals surface area contributed by atoms with Gasteiger partial charge < -0.3 is 10.4 Å². The monoisotopic (exact) mass is 213 g/mol. The van der Waals surface area contributed by atoms with Crippen LogP contribution in [0.3, 0.4) is 0 Å². The Morgan fingerprint density at radius 3 is 2.53 bits per heavy atom. The minimum atomic E-state index is 0.331. The van der Waals surface area contributed by atoms with Crippen molar-refractivity contribution in [3.05, 3.63) is 0 Å². The van der Waals surface area contributed by atoms with Gasteiger partial charge >= 0.3 is 0 Å². The Hall–Kier alpha value is -0.0800. The van der Waals surface area contributed by atoms with Crippen molar-refractivity contribution in [1.82, 2.24) is 5.32 Å². The van der Waals surface area contributed by atoms with E-state index in [9.17, 15) is 0 Å². The predicted molar refractivity (Wildman–Crippen MR) is 64.9 cm³/mol. The van der Waals surface area contributed by atoms with E-state index in [1.807, 2.05) is 0 Å². The Morgan fingerprint density at radius 2 is 2.00 bits per heavy atom. The molecule has 1 fully saturated rings. The van der Waals surface area contributed by atoms with Crippen LogP contribution in [-0.2, 0) is 0 Å². The van der Waals surface area contributed by atoms with Gasteiger partial charge in [-0.05, 0) is 44.6 Å². The van der Waals surface area contributed by atoms with Gasteiger partial charge in [-0.1, -0.05) is 26.2 Å². The molecule has 0 aliphatic heterocycles. The lowest BCUT2D eigenvalue weighted by atomic mass is 9.97. The Labute approximate surface area is 94.5 Å². The van der Waals surface area contributed by atoms with Crippen LogP contribution in [0, 0.1) is 11.8 Å². The highest BCUT2D eigenvalue weighted by Crippen LogP contribution is 2.27. The van der Waals surface area contributed by atoms with Crippen molar-refractivity contribution < 1.29 is 5.11 Å². The van der Waals surface area contributed by atoms with Crippen molar-refractivity contribution >= 4 is 0 Å². The highest BCUT2D eigenvalue weighted by Gasteiger charge is 2.21. The molecule has 90 valence electrons. The average Bonchev–Trinajstić information content (AvgIpc) is 2.77. The molecular weight excluding hydrogens is 186 g/mol. The highest BCUT2D eigenvalue weighted by molar-refractivity contribution is 4.78. The lowest BCUT2D eigenvalue weighted by Gasteiger charge is -2.23. The molecule has 0 spiro atoms. The van der Waals surface area contributed by atoms with Crippen LogP contribution in [0.15, 0.2) is 0 Å². The second kappa shape index (κ2) is 7.24. The molecule has 0 aromatic rings. The molecule has 1 rings (SSSR count). The molecule has 0 aromatic carbocycles. The average molecular weight is 213 g/mol. The minimum Gasteiger partial charge on any atom is -0.396 e. The van der Waals surface area contributed by atoms with E-state index >= 15 is 0 Å². The van der Waals surface area contributed by atoms with Gasteiger partial charge in [0.25, 0.3) is 0 Å². The maximum Gasteiger partial charge on any atom is 0.0434 e. The molecule has 2 atom stereocenters. The maximum atomic E-state index is 8.92. The van der Waals surface area contributed by atoms with Crippen LogP contribution in [-0.4, -0.2) is 24.3 Å². The summed E-state index contributed by atoms with van der Waals surface area (Å²) >= 11 is 0. The third-order valence-corrected chi connectivity index (χ3v) is 3.95. The van der Waals surface area contributed by atoms with Crippen molar-refractivity contribution in [2.75, 3.05) is 13.2 Å². The molecule has 1 aliphatic carbocycles. The number of hydrogen-bond acceptors (Lipinski definition) is 2.